The van der Waals surface area contributed by atoms with Crippen molar-refractivity contribution in [3.05, 3.63) is 41.6 Å². The van der Waals surface area contributed by atoms with Crippen molar-refractivity contribution in [1.82, 2.24) is 4.98 Å². The van der Waals surface area contributed by atoms with E-state index in [-0.39, 0.29) is 0 Å². The van der Waals surface area contributed by atoms with E-state index in [2.05, 4.69) is 34.4 Å². The number of nitriles is 1. The summed E-state index contributed by atoms with van der Waals surface area (Å²) in [6.45, 7) is 1.05. The molecule has 0 aliphatic carbocycles. The molecule has 1 aromatic carbocycles. The Kier molecular flexibility index (Phi) is 3.49. The SMILES string of the molecule is CNc1ccc(-c2cc3c(cc2C#N)N(C)CCC3)cn1. The van der Waals surface area contributed by atoms with E-state index in [1.807, 2.05) is 31.4 Å². The van der Waals surface area contributed by atoms with Crippen molar-refractivity contribution >= 4 is 11.5 Å². The molecule has 106 valence electrons. The molecule has 1 aliphatic heterocycles. The van der Waals surface area contributed by atoms with Gasteiger partial charge in [-0.25, -0.2) is 4.98 Å². The van der Waals surface area contributed by atoms with Crippen LogP contribution >= 0.6 is 0 Å². The molecule has 0 saturated carbocycles. The van der Waals surface area contributed by atoms with Gasteiger partial charge >= 0.3 is 0 Å². The van der Waals surface area contributed by atoms with Gasteiger partial charge in [-0.2, -0.15) is 5.26 Å². The molecule has 4 nitrogen and oxygen atoms in total. The molecular formula is C17H18N4. The van der Waals surface area contributed by atoms with E-state index in [0.29, 0.717) is 5.56 Å². The van der Waals surface area contributed by atoms with Crippen molar-refractivity contribution in [3.63, 3.8) is 0 Å². The number of anilines is 2. The fraction of sp³-hybridized carbons (Fsp3) is 0.294. The first kappa shape index (κ1) is 13.4. The number of fused-ring (bicyclic) bond motifs is 1. The Labute approximate surface area is 125 Å². The summed E-state index contributed by atoms with van der Waals surface area (Å²) < 4.78 is 0. The third-order valence-electron chi connectivity index (χ3n) is 4.02. The van der Waals surface area contributed by atoms with Gasteiger partial charge in [0.2, 0.25) is 0 Å². The van der Waals surface area contributed by atoms with Crippen LogP contribution in [0.15, 0.2) is 30.5 Å². The van der Waals surface area contributed by atoms with Gasteiger partial charge in [0, 0.05) is 43.7 Å². The topological polar surface area (TPSA) is 52.0 Å². The maximum Gasteiger partial charge on any atom is 0.125 e. The lowest BCUT2D eigenvalue weighted by atomic mass is 9.93. The minimum atomic E-state index is 0.710. The molecule has 1 aromatic heterocycles. The second-order valence-electron chi connectivity index (χ2n) is 5.35. The van der Waals surface area contributed by atoms with Gasteiger partial charge in [-0.15, -0.1) is 0 Å². The summed E-state index contributed by atoms with van der Waals surface area (Å²) in [6.07, 6.45) is 4.05. The summed E-state index contributed by atoms with van der Waals surface area (Å²) in [7, 11) is 3.93. The molecule has 0 radical (unpaired) electrons. The summed E-state index contributed by atoms with van der Waals surface area (Å²) in [6, 6.07) is 10.4. The molecule has 0 atom stereocenters. The molecule has 4 heteroatoms. The van der Waals surface area contributed by atoms with Crippen molar-refractivity contribution in [2.75, 3.05) is 30.9 Å². The zero-order valence-electron chi connectivity index (χ0n) is 12.3. The normalized spacial score (nSPS) is 13.5. The number of hydrogen-bond donors (Lipinski definition) is 1. The van der Waals surface area contributed by atoms with E-state index >= 15 is 0 Å². The van der Waals surface area contributed by atoms with E-state index < -0.39 is 0 Å². The van der Waals surface area contributed by atoms with Gasteiger partial charge in [-0.05, 0) is 42.7 Å². The zero-order chi connectivity index (χ0) is 14.8. The number of benzene rings is 1. The highest BCUT2D eigenvalue weighted by atomic mass is 15.1. The minimum Gasteiger partial charge on any atom is -0.374 e. The standard InChI is InChI=1S/C17H18N4/c1-19-17-6-5-13(11-20-17)15-8-12-4-3-7-21(2)16(12)9-14(15)10-18/h5-6,8-9,11H,3-4,7H2,1-2H3,(H,19,20). The summed E-state index contributed by atoms with van der Waals surface area (Å²) in [4.78, 5) is 6.57. The summed E-state index contributed by atoms with van der Waals surface area (Å²) in [5.74, 6) is 0.829. The highest BCUT2D eigenvalue weighted by Gasteiger charge is 2.17. The van der Waals surface area contributed by atoms with Crippen LogP contribution in [0, 0.1) is 11.3 Å². The van der Waals surface area contributed by atoms with Crippen molar-refractivity contribution in [1.29, 1.82) is 5.26 Å². The Balaban J connectivity index is 2.11. The second-order valence-corrected chi connectivity index (χ2v) is 5.35. The maximum atomic E-state index is 9.47. The Bertz CT molecular complexity index is 698. The summed E-state index contributed by atoms with van der Waals surface area (Å²) in [5.41, 5.74) is 5.17. The van der Waals surface area contributed by atoms with E-state index in [4.69, 9.17) is 0 Å². The lowest BCUT2D eigenvalue weighted by Gasteiger charge is -2.28. The highest BCUT2D eigenvalue weighted by Crippen LogP contribution is 2.33. The molecule has 2 heterocycles. The molecular weight excluding hydrogens is 260 g/mol. The first-order valence-corrected chi connectivity index (χ1v) is 7.15. The Morgan fingerprint density at radius 1 is 1.33 bits per heavy atom. The minimum absolute atomic E-state index is 0.710. The predicted octanol–water partition coefficient (Wildman–Crippen LogP) is 3.04. The zero-order valence-corrected chi connectivity index (χ0v) is 12.3. The Hall–Kier alpha value is -2.54. The molecule has 1 N–H and O–H groups in total. The number of aryl methyl sites for hydroxylation is 1. The van der Waals surface area contributed by atoms with Crippen LogP contribution in [-0.2, 0) is 6.42 Å². The van der Waals surface area contributed by atoms with Crippen LogP contribution in [-0.4, -0.2) is 25.6 Å². The van der Waals surface area contributed by atoms with Crippen molar-refractivity contribution in [2.45, 2.75) is 12.8 Å². The fourth-order valence-electron chi connectivity index (χ4n) is 2.85. The van der Waals surface area contributed by atoms with Crippen LogP contribution in [0.25, 0.3) is 11.1 Å². The Morgan fingerprint density at radius 2 is 2.19 bits per heavy atom. The van der Waals surface area contributed by atoms with Crippen molar-refractivity contribution in [2.24, 2.45) is 0 Å². The largest absolute Gasteiger partial charge is 0.374 e. The first-order chi connectivity index (χ1) is 10.2. The van der Waals surface area contributed by atoms with E-state index in [1.54, 1.807) is 0 Å². The molecule has 0 fully saturated rings. The molecule has 0 bridgehead atoms. The van der Waals surface area contributed by atoms with Crippen LogP contribution in [0.1, 0.15) is 17.5 Å². The molecule has 2 aromatic rings. The molecule has 0 amide bonds. The van der Waals surface area contributed by atoms with Gasteiger partial charge in [0.05, 0.1) is 11.6 Å². The average Bonchev–Trinajstić information content (AvgIpc) is 2.54. The summed E-state index contributed by atoms with van der Waals surface area (Å²) in [5, 5.41) is 12.5. The predicted molar refractivity (Wildman–Crippen MR) is 85.5 cm³/mol. The molecule has 21 heavy (non-hydrogen) atoms. The monoisotopic (exact) mass is 278 g/mol. The third kappa shape index (κ3) is 2.43. The van der Waals surface area contributed by atoms with Gasteiger partial charge in [-0.1, -0.05) is 0 Å². The van der Waals surface area contributed by atoms with Gasteiger partial charge in [0.25, 0.3) is 0 Å². The fourth-order valence-corrected chi connectivity index (χ4v) is 2.85. The number of pyridine rings is 1. The van der Waals surface area contributed by atoms with Crippen LogP contribution in [0.4, 0.5) is 11.5 Å². The number of rotatable bonds is 2. The van der Waals surface area contributed by atoms with Crippen LogP contribution in [0.3, 0.4) is 0 Å². The molecule has 0 unspecified atom stereocenters. The molecule has 3 rings (SSSR count). The van der Waals surface area contributed by atoms with Gasteiger partial charge < -0.3 is 10.2 Å². The lowest BCUT2D eigenvalue weighted by Crippen LogP contribution is -2.24. The van der Waals surface area contributed by atoms with Crippen molar-refractivity contribution in [3.8, 4) is 17.2 Å². The smallest absolute Gasteiger partial charge is 0.125 e. The third-order valence-corrected chi connectivity index (χ3v) is 4.02. The van der Waals surface area contributed by atoms with Crippen LogP contribution in [0.2, 0.25) is 0 Å². The van der Waals surface area contributed by atoms with E-state index in [1.165, 1.54) is 11.3 Å². The van der Waals surface area contributed by atoms with Crippen LogP contribution < -0.4 is 10.2 Å². The second kappa shape index (κ2) is 5.45. The Morgan fingerprint density at radius 3 is 2.86 bits per heavy atom. The number of nitrogens with zero attached hydrogens (tertiary/aromatic N) is 3. The molecule has 1 aliphatic rings. The van der Waals surface area contributed by atoms with Crippen molar-refractivity contribution < 1.29 is 0 Å². The maximum absolute atomic E-state index is 9.47. The summed E-state index contributed by atoms with van der Waals surface area (Å²) >= 11 is 0. The lowest BCUT2D eigenvalue weighted by molar-refractivity contribution is 0.744. The van der Waals surface area contributed by atoms with Crippen LogP contribution in [0.5, 0.6) is 0 Å². The average molecular weight is 278 g/mol. The highest BCUT2D eigenvalue weighted by molar-refractivity contribution is 5.76. The van der Waals surface area contributed by atoms with E-state index in [0.717, 1.165) is 36.3 Å². The number of hydrogen-bond acceptors (Lipinski definition) is 4. The molecule has 0 spiro atoms. The number of aromatic nitrogens is 1. The first-order valence-electron chi connectivity index (χ1n) is 7.15. The quantitative estimate of drug-likeness (QED) is 0.917. The number of nitrogens with one attached hydrogen (secondary N) is 1. The van der Waals surface area contributed by atoms with Gasteiger partial charge in [0.15, 0.2) is 0 Å². The van der Waals surface area contributed by atoms with Gasteiger partial charge in [0.1, 0.15) is 5.82 Å². The van der Waals surface area contributed by atoms with Gasteiger partial charge in [-0.3, -0.25) is 0 Å². The van der Waals surface area contributed by atoms with E-state index in [9.17, 15) is 5.26 Å². The molecule has 0 saturated heterocycles.